The minimum Gasteiger partial charge on any atom is -0.479 e. The van der Waals surface area contributed by atoms with Crippen LogP contribution in [0.4, 0.5) is 4.79 Å². The Bertz CT molecular complexity index is 424. The van der Waals surface area contributed by atoms with E-state index in [4.69, 9.17) is 10.2 Å². The molecule has 1 rings (SSSR count). The van der Waals surface area contributed by atoms with Gasteiger partial charge in [0.2, 0.25) is 0 Å². The summed E-state index contributed by atoms with van der Waals surface area (Å²) in [6.07, 6.45) is 1.79. The first-order chi connectivity index (χ1) is 9.00. The van der Waals surface area contributed by atoms with Crippen molar-refractivity contribution in [3.05, 3.63) is 30.1 Å². The van der Waals surface area contributed by atoms with Crippen LogP contribution in [-0.2, 0) is 4.79 Å². The van der Waals surface area contributed by atoms with Crippen LogP contribution in [0.15, 0.2) is 24.5 Å². The van der Waals surface area contributed by atoms with Gasteiger partial charge in [-0.3, -0.25) is 4.98 Å². The minimum atomic E-state index is -1.46. The fourth-order valence-corrected chi connectivity index (χ4v) is 1.41. The zero-order valence-electron chi connectivity index (χ0n) is 10.5. The number of carboxylic acid groups (broad SMARTS) is 1. The molecule has 0 radical (unpaired) electrons. The van der Waals surface area contributed by atoms with Crippen molar-refractivity contribution in [2.24, 2.45) is 0 Å². The fourth-order valence-electron chi connectivity index (χ4n) is 1.41. The Hall–Kier alpha value is -2.15. The number of hydrogen-bond acceptors (Lipinski definition) is 4. The highest BCUT2D eigenvalue weighted by Crippen LogP contribution is 2.08. The topological polar surface area (TPSA) is 112 Å². The zero-order chi connectivity index (χ0) is 14.3. The highest BCUT2D eigenvalue weighted by atomic mass is 16.4. The van der Waals surface area contributed by atoms with Crippen LogP contribution in [0.3, 0.4) is 0 Å². The summed E-state index contributed by atoms with van der Waals surface area (Å²) in [5, 5.41) is 22.6. The number of nitrogens with zero attached hydrogens (tertiary/aromatic N) is 1. The average molecular weight is 267 g/mol. The van der Waals surface area contributed by atoms with Gasteiger partial charge in [-0.15, -0.1) is 0 Å². The Labute approximate surface area is 110 Å². The van der Waals surface area contributed by atoms with Crippen LogP contribution in [0.1, 0.15) is 24.9 Å². The number of aromatic nitrogens is 1. The first-order valence-electron chi connectivity index (χ1n) is 5.86. The molecule has 7 nitrogen and oxygen atoms in total. The van der Waals surface area contributed by atoms with Gasteiger partial charge in [0, 0.05) is 25.4 Å². The lowest BCUT2D eigenvalue weighted by Crippen LogP contribution is -2.39. The molecule has 2 amide bonds. The molecular formula is C12H17N3O4. The van der Waals surface area contributed by atoms with Crippen molar-refractivity contribution in [2.75, 3.05) is 6.54 Å². The first kappa shape index (κ1) is 14.9. The summed E-state index contributed by atoms with van der Waals surface area (Å²) in [7, 11) is 0. The van der Waals surface area contributed by atoms with E-state index in [9.17, 15) is 9.59 Å². The van der Waals surface area contributed by atoms with Crippen molar-refractivity contribution in [3.8, 4) is 0 Å². The van der Waals surface area contributed by atoms with Gasteiger partial charge in [-0.25, -0.2) is 9.59 Å². The number of rotatable bonds is 6. The van der Waals surface area contributed by atoms with E-state index in [2.05, 4.69) is 15.6 Å². The summed E-state index contributed by atoms with van der Waals surface area (Å²) in [6.45, 7) is 1.89. The largest absolute Gasteiger partial charge is 0.479 e. The molecule has 0 aliphatic heterocycles. The Morgan fingerprint density at radius 3 is 2.79 bits per heavy atom. The molecule has 0 aliphatic carbocycles. The number of amides is 2. The predicted molar refractivity (Wildman–Crippen MR) is 67.4 cm³/mol. The molecule has 2 unspecified atom stereocenters. The van der Waals surface area contributed by atoms with Crippen molar-refractivity contribution in [3.63, 3.8) is 0 Å². The van der Waals surface area contributed by atoms with Crippen LogP contribution in [0.25, 0.3) is 0 Å². The number of carboxylic acids is 1. The summed E-state index contributed by atoms with van der Waals surface area (Å²) < 4.78 is 0. The number of hydrogen-bond donors (Lipinski definition) is 4. The van der Waals surface area contributed by atoms with Gasteiger partial charge in [-0.05, 0) is 18.6 Å². The van der Waals surface area contributed by atoms with E-state index in [0.29, 0.717) is 0 Å². The Morgan fingerprint density at radius 1 is 1.47 bits per heavy atom. The number of carbonyl (C=O) groups is 2. The summed E-state index contributed by atoms with van der Waals surface area (Å²) >= 11 is 0. The van der Waals surface area contributed by atoms with Crippen LogP contribution in [0.2, 0.25) is 0 Å². The zero-order valence-corrected chi connectivity index (χ0v) is 10.5. The van der Waals surface area contributed by atoms with E-state index in [1.54, 1.807) is 18.5 Å². The number of carbonyl (C=O) groups excluding carboxylic acids is 1. The predicted octanol–water partition coefficient (Wildman–Crippen LogP) is 0.277. The van der Waals surface area contributed by atoms with Crippen LogP contribution < -0.4 is 10.6 Å². The van der Waals surface area contributed by atoms with Crippen LogP contribution in [-0.4, -0.2) is 39.8 Å². The molecule has 1 aromatic rings. The summed E-state index contributed by atoms with van der Waals surface area (Å²) in [6, 6.07) is 2.98. The third kappa shape index (κ3) is 5.35. The van der Waals surface area contributed by atoms with E-state index in [0.717, 1.165) is 5.56 Å². The van der Waals surface area contributed by atoms with Crippen LogP contribution >= 0.6 is 0 Å². The van der Waals surface area contributed by atoms with Crippen LogP contribution in [0.5, 0.6) is 0 Å². The maximum Gasteiger partial charge on any atom is 0.332 e. The molecule has 4 N–H and O–H groups in total. The lowest BCUT2D eigenvalue weighted by molar-refractivity contribution is -0.146. The molecule has 2 atom stereocenters. The van der Waals surface area contributed by atoms with E-state index >= 15 is 0 Å². The maximum absolute atomic E-state index is 11.5. The second-order valence-corrected chi connectivity index (χ2v) is 4.05. The fraction of sp³-hybridized carbons (Fsp3) is 0.417. The van der Waals surface area contributed by atoms with Gasteiger partial charge in [0.15, 0.2) is 6.10 Å². The van der Waals surface area contributed by atoms with E-state index < -0.39 is 18.1 Å². The average Bonchev–Trinajstić information content (AvgIpc) is 2.39. The molecule has 7 heteroatoms. The number of pyridine rings is 1. The quantitative estimate of drug-likeness (QED) is 0.591. The van der Waals surface area contributed by atoms with Gasteiger partial charge >= 0.3 is 12.0 Å². The van der Waals surface area contributed by atoms with Crippen molar-refractivity contribution in [2.45, 2.75) is 25.5 Å². The van der Waals surface area contributed by atoms with Gasteiger partial charge in [-0.2, -0.15) is 0 Å². The minimum absolute atomic E-state index is 0.0377. The lowest BCUT2D eigenvalue weighted by Gasteiger charge is -2.14. The standard InChI is InChI=1S/C12H17N3O4/c1-8(9-3-2-5-13-7-9)15-12(19)14-6-4-10(16)11(17)18/h2-3,5,7-8,10,16H,4,6H2,1H3,(H,17,18)(H2,14,15,19). The van der Waals surface area contributed by atoms with Crippen molar-refractivity contribution in [1.29, 1.82) is 0 Å². The molecular weight excluding hydrogens is 250 g/mol. The van der Waals surface area contributed by atoms with E-state index in [1.165, 1.54) is 0 Å². The summed E-state index contributed by atoms with van der Waals surface area (Å²) in [5.74, 6) is -1.30. The smallest absolute Gasteiger partial charge is 0.332 e. The molecule has 19 heavy (non-hydrogen) atoms. The van der Waals surface area contributed by atoms with Gasteiger partial charge in [0.1, 0.15) is 0 Å². The highest BCUT2D eigenvalue weighted by Gasteiger charge is 2.13. The third-order valence-electron chi connectivity index (χ3n) is 2.52. The van der Waals surface area contributed by atoms with E-state index in [-0.39, 0.29) is 19.0 Å². The molecule has 0 fully saturated rings. The molecule has 0 spiro atoms. The van der Waals surface area contributed by atoms with Crippen LogP contribution in [0, 0.1) is 0 Å². The first-order valence-corrected chi connectivity index (χ1v) is 5.86. The molecule has 1 heterocycles. The Balaban J connectivity index is 2.30. The Kier molecular flexibility index (Phi) is 5.74. The SMILES string of the molecule is CC(NC(=O)NCCC(O)C(=O)O)c1cccnc1. The number of aliphatic hydroxyl groups is 1. The van der Waals surface area contributed by atoms with Gasteiger partial charge in [0.25, 0.3) is 0 Å². The van der Waals surface area contributed by atoms with Gasteiger partial charge in [0.05, 0.1) is 6.04 Å². The molecule has 0 aliphatic rings. The monoisotopic (exact) mass is 267 g/mol. The normalized spacial score (nSPS) is 13.4. The second-order valence-electron chi connectivity index (χ2n) is 4.05. The molecule has 0 bridgehead atoms. The summed E-state index contributed by atoms with van der Waals surface area (Å²) in [4.78, 5) is 25.8. The van der Waals surface area contributed by atoms with E-state index in [1.807, 2.05) is 13.0 Å². The van der Waals surface area contributed by atoms with Crippen molar-refractivity contribution < 1.29 is 19.8 Å². The van der Waals surface area contributed by atoms with Crippen molar-refractivity contribution in [1.82, 2.24) is 15.6 Å². The number of urea groups is 1. The molecule has 104 valence electrons. The third-order valence-corrected chi connectivity index (χ3v) is 2.52. The summed E-state index contributed by atoms with van der Waals surface area (Å²) in [5.41, 5.74) is 0.864. The van der Waals surface area contributed by atoms with Gasteiger partial charge in [-0.1, -0.05) is 6.07 Å². The van der Waals surface area contributed by atoms with Crippen molar-refractivity contribution >= 4 is 12.0 Å². The molecule has 0 saturated heterocycles. The van der Waals surface area contributed by atoms with Gasteiger partial charge < -0.3 is 20.8 Å². The molecule has 0 saturated carbocycles. The maximum atomic E-state index is 11.5. The number of aliphatic carboxylic acids is 1. The highest BCUT2D eigenvalue weighted by molar-refractivity contribution is 5.75. The number of aliphatic hydroxyl groups excluding tert-OH is 1. The molecule has 0 aromatic carbocycles. The molecule has 1 aromatic heterocycles. The Morgan fingerprint density at radius 2 is 2.21 bits per heavy atom. The number of nitrogens with one attached hydrogen (secondary N) is 2. The second kappa shape index (κ2) is 7.32. The lowest BCUT2D eigenvalue weighted by atomic mass is 10.1.